The molecule has 0 aliphatic carbocycles. The first-order chi connectivity index (χ1) is 9.90. The molecule has 0 aliphatic heterocycles. The van der Waals surface area contributed by atoms with Crippen molar-refractivity contribution in [2.24, 2.45) is 0 Å². The number of rotatable bonds is 5. The molecule has 2 aromatic rings. The molecule has 21 heavy (non-hydrogen) atoms. The van der Waals surface area contributed by atoms with E-state index in [9.17, 15) is 5.11 Å². The first kappa shape index (κ1) is 16.2. The van der Waals surface area contributed by atoms with E-state index in [0.717, 1.165) is 22.4 Å². The van der Waals surface area contributed by atoms with Gasteiger partial charge in [-0.2, -0.15) is 5.10 Å². The SMILES string of the molecule is CCn1nc(C)c(Br)c1CC(O)Cc1cc(C)cc(C)c1. The van der Waals surface area contributed by atoms with Crippen LogP contribution in [0.4, 0.5) is 0 Å². The van der Waals surface area contributed by atoms with E-state index in [1.165, 1.54) is 16.7 Å². The van der Waals surface area contributed by atoms with Gasteiger partial charge in [-0.3, -0.25) is 4.68 Å². The van der Waals surface area contributed by atoms with E-state index in [4.69, 9.17) is 0 Å². The summed E-state index contributed by atoms with van der Waals surface area (Å²) in [4.78, 5) is 0. The van der Waals surface area contributed by atoms with Crippen LogP contribution in [0, 0.1) is 20.8 Å². The van der Waals surface area contributed by atoms with E-state index in [0.29, 0.717) is 12.8 Å². The molecule has 0 saturated heterocycles. The van der Waals surface area contributed by atoms with Crippen molar-refractivity contribution >= 4 is 15.9 Å². The van der Waals surface area contributed by atoms with Gasteiger partial charge in [0.25, 0.3) is 0 Å². The van der Waals surface area contributed by atoms with E-state index in [1.807, 2.05) is 11.6 Å². The average molecular weight is 351 g/mol. The predicted molar refractivity (Wildman–Crippen MR) is 89.7 cm³/mol. The lowest BCUT2D eigenvalue weighted by atomic mass is 10.0. The van der Waals surface area contributed by atoms with Crippen molar-refractivity contribution in [3.05, 3.63) is 50.8 Å². The lowest BCUT2D eigenvalue weighted by molar-refractivity contribution is 0.172. The fourth-order valence-corrected chi connectivity index (χ4v) is 3.26. The number of aliphatic hydroxyl groups is 1. The summed E-state index contributed by atoms with van der Waals surface area (Å²) in [5.41, 5.74) is 5.73. The lowest BCUT2D eigenvalue weighted by Gasteiger charge is -2.13. The Morgan fingerprint density at radius 2 is 1.76 bits per heavy atom. The normalized spacial score (nSPS) is 12.7. The number of hydrogen-bond acceptors (Lipinski definition) is 2. The first-order valence-corrected chi connectivity index (χ1v) is 8.17. The molecular weight excluding hydrogens is 328 g/mol. The molecule has 1 aromatic heterocycles. The molecule has 1 N–H and O–H groups in total. The summed E-state index contributed by atoms with van der Waals surface area (Å²) in [6, 6.07) is 6.45. The minimum atomic E-state index is -0.399. The van der Waals surface area contributed by atoms with Gasteiger partial charge in [0.15, 0.2) is 0 Å². The highest BCUT2D eigenvalue weighted by Crippen LogP contribution is 2.23. The monoisotopic (exact) mass is 350 g/mol. The summed E-state index contributed by atoms with van der Waals surface area (Å²) >= 11 is 3.58. The van der Waals surface area contributed by atoms with E-state index < -0.39 is 6.10 Å². The second kappa shape index (κ2) is 6.75. The highest BCUT2D eigenvalue weighted by atomic mass is 79.9. The molecule has 114 valence electrons. The molecule has 0 saturated carbocycles. The smallest absolute Gasteiger partial charge is 0.0738 e. The third-order valence-electron chi connectivity index (χ3n) is 3.63. The topological polar surface area (TPSA) is 38.0 Å². The molecule has 0 fully saturated rings. The fraction of sp³-hybridized carbons (Fsp3) is 0.471. The minimum absolute atomic E-state index is 0.399. The van der Waals surface area contributed by atoms with Crippen LogP contribution in [0.3, 0.4) is 0 Å². The van der Waals surface area contributed by atoms with E-state index in [1.54, 1.807) is 0 Å². The number of benzene rings is 1. The average Bonchev–Trinajstić information content (AvgIpc) is 2.65. The number of nitrogens with zero attached hydrogens (tertiary/aromatic N) is 2. The Kier molecular flexibility index (Phi) is 5.22. The van der Waals surface area contributed by atoms with Crippen molar-refractivity contribution in [1.29, 1.82) is 0 Å². The van der Waals surface area contributed by atoms with Crippen molar-refractivity contribution in [2.75, 3.05) is 0 Å². The standard InChI is InChI=1S/C17H23BrN2O/c1-5-20-16(17(18)13(4)19-20)10-15(21)9-14-7-11(2)6-12(3)8-14/h6-8,15,21H,5,9-10H2,1-4H3. The Morgan fingerprint density at radius 3 is 2.33 bits per heavy atom. The summed E-state index contributed by atoms with van der Waals surface area (Å²) in [7, 11) is 0. The maximum atomic E-state index is 10.4. The molecule has 2 rings (SSSR count). The second-order valence-corrected chi connectivity index (χ2v) is 6.51. The third kappa shape index (κ3) is 3.95. The van der Waals surface area contributed by atoms with Crippen LogP contribution in [0.5, 0.6) is 0 Å². The maximum Gasteiger partial charge on any atom is 0.0738 e. The van der Waals surface area contributed by atoms with E-state index in [-0.39, 0.29) is 0 Å². The summed E-state index contributed by atoms with van der Waals surface area (Å²) in [5, 5.41) is 14.9. The van der Waals surface area contributed by atoms with Crippen LogP contribution >= 0.6 is 15.9 Å². The summed E-state index contributed by atoms with van der Waals surface area (Å²) in [6.07, 6.45) is 0.884. The molecule has 1 atom stereocenters. The molecule has 0 spiro atoms. The van der Waals surface area contributed by atoms with E-state index in [2.05, 4.69) is 60.0 Å². The zero-order chi connectivity index (χ0) is 15.6. The van der Waals surface area contributed by atoms with Gasteiger partial charge in [-0.05, 0) is 55.6 Å². The molecule has 1 heterocycles. The van der Waals surface area contributed by atoms with Crippen LogP contribution < -0.4 is 0 Å². The predicted octanol–water partition coefficient (Wildman–Crippen LogP) is 3.74. The van der Waals surface area contributed by atoms with Crippen LogP contribution in [0.15, 0.2) is 22.7 Å². The van der Waals surface area contributed by atoms with Gasteiger partial charge in [0.1, 0.15) is 0 Å². The second-order valence-electron chi connectivity index (χ2n) is 5.72. The van der Waals surface area contributed by atoms with Crippen LogP contribution in [0.25, 0.3) is 0 Å². The van der Waals surface area contributed by atoms with Gasteiger partial charge >= 0.3 is 0 Å². The molecule has 0 bridgehead atoms. The lowest BCUT2D eigenvalue weighted by Crippen LogP contribution is -2.17. The van der Waals surface area contributed by atoms with E-state index >= 15 is 0 Å². The van der Waals surface area contributed by atoms with Crippen molar-refractivity contribution in [1.82, 2.24) is 9.78 Å². The minimum Gasteiger partial charge on any atom is -0.392 e. The summed E-state index contributed by atoms with van der Waals surface area (Å²) in [5.74, 6) is 0. The Bertz CT molecular complexity index is 614. The Morgan fingerprint density at radius 1 is 1.14 bits per heavy atom. The zero-order valence-corrected chi connectivity index (χ0v) is 14.7. The highest BCUT2D eigenvalue weighted by molar-refractivity contribution is 9.10. The molecule has 3 nitrogen and oxygen atoms in total. The Balaban J connectivity index is 2.13. The molecule has 0 amide bonds. The molecule has 1 aromatic carbocycles. The van der Waals surface area contributed by atoms with Crippen molar-refractivity contribution in [3.8, 4) is 0 Å². The Labute approximate surface area is 135 Å². The number of aryl methyl sites for hydroxylation is 4. The van der Waals surface area contributed by atoms with Gasteiger partial charge in [0.2, 0.25) is 0 Å². The van der Waals surface area contributed by atoms with Crippen LogP contribution in [0.1, 0.15) is 35.0 Å². The molecular formula is C17H23BrN2O. The van der Waals surface area contributed by atoms with Crippen LogP contribution in [-0.4, -0.2) is 21.0 Å². The van der Waals surface area contributed by atoms with Crippen LogP contribution in [0.2, 0.25) is 0 Å². The quantitative estimate of drug-likeness (QED) is 0.891. The van der Waals surface area contributed by atoms with Crippen molar-refractivity contribution < 1.29 is 5.11 Å². The van der Waals surface area contributed by atoms with Gasteiger partial charge in [0.05, 0.1) is 22.0 Å². The highest BCUT2D eigenvalue weighted by Gasteiger charge is 2.16. The third-order valence-corrected chi connectivity index (χ3v) is 4.67. The number of aromatic nitrogens is 2. The first-order valence-electron chi connectivity index (χ1n) is 7.37. The maximum absolute atomic E-state index is 10.4. The summed E-state index contributed by atoms with van der Waals surface area (Å²) < 4.78 is 2.98. The van der Waals surface area contributed by atoms with Gasteiger partial charge in [-0.25, -0.2) is 0 Å². The summed E-state index contributed by atoms with van der Waals surface area (Å²) in [6.45, 7) is 9.05. The number of aliphatic hydroxyl groups excluding tert-OH is 1. The van der Waals surface area contributed by atoms with Crippen molar-refractivity contribution in [3.63, 3.8) is 0 Å². The fourth-order valence-electron chi connectivity index (χ4n) is 2.82. The van der Waals surface area contributed by atoms with Crippen molar-refractivity contribution in [2.45, 2.75) is 53.2 Å². The van der Waals surface area contributed by atoms with Gasteiger partial charge in [-0.1, -0.05) is 29.3 Å². The molecule has 4 heteroatoms. The van der Waals surface area contributed by atoms with Gasteiger partial charge in [0, 0.05) is 13.0 Å². The molecule has 1 unspecified atom stereocenters. The number of halogens is 1. The molecule has 0 radical (unpaired) electrons. The van der Waals surface area contributed by atoms with Gasteiger partial charge in [-0.15, -0.1) is 0 Å². The zero-order valence-electron chi connectivity index (χ0n) is 13.2. The Hall–Kier alpha value is -1.13. The van der Waals surface area contributed by atoms with Gasteiger partial charge < -0.3 is 5.11 Å². The number of hydrogen-bond donors (Lipinski definition) is 1. The molecule has 0 aliphatic rings. The largest absolute Gasteiger partial charge is 0.392 e. The van der Waals surface area contributed by atoms with Crippen LogP contribution in [-0.2, 0) is 19.4 Å².